The Morgan fingerprint density at radius 1 is 1.39 bits per heavy atom. The van der Waals surface area contributed by atoms with E-state index in [1.165, 1.54) is 6.92 Å². The summed E-state index contributed by atoms with van der Waals surface area (Å²) in [5.74, 6) is 0.162. The number of H-pyrrole nitrogens is 1. The van der Waals surface area contributed by atoms with Crippen molar-refractivity contribution < 1.29 is 14.7 Å². The number of carbonyl (C=O) groups is 2. The molecule has 0 saturated carbocycles. The first-order valence-corrected chi connectivity index (χ1v) is 9.90. The molecule has 1 fully saturated rings. The predicted octanol–water partition coefficient (Wildman–Crippen LogP) is 3.29. The summed E-state index contributed by atoms with van der Waals surface area (Å²) in [5, 5.41) is 22.3. The van der Waals surface area contributed by atoms with Crippen molar-refractivity contribution in [2.45, 2.75) is 39.7 Å². The van der Waals surface area contributed by atoms with Crippen molar-refractivity contribution in [2.24, 2.45) is 11.3 Å². The van der Waals surface area contributed by atoms with Gasteiger partial charge in [0.1, 0.15) is 5.78 Å². The van der Waals surface area contributed by atoms with Crippen LogP contribution in [-0.4, -0.2) is 51.7 Å². The smallest absolute Gasteiger partial charge is 0.317 e. The highest BCUT2D eigenvalue weighted by molar-refractivity contribution is 6.31. The van der Waals surface area contributed by atoms with Gasteiger partial charge in [0.25, 0.3) is 0 Å². The lowest BCUT2D eigenvalue weighted by Crippen LogP contribution is -2.48. The zero-order valence-corrected chi connectivity index (χ0v) is 17.2. The second-order valence-electron chi connectivity index (χ2n) is 8.18. The normalized spacial score (nSPS) is 17.0. The van der Waals surface area contributed by atoms with Gasteiger partial charge < -0.3 is 15.3 Å². The molecule has 2 aromatic rings. The van der Waals surface area contributed by atoms with E-state index in [1.54, 1.807) is 17.2 Å². The Kier molecular flexibility index (Phi) is 5.95. The van der Waals surface area contributed by atoms with Gasteiger partial charge in [-0.15, -0.1) is 0 Å². The number of hydrogen-bond acceptors (Lipinski definition) is 4. The van der Waals surface area contributed by atoms with Gasteiger partial charge in [0, 0.05) is 29.1 Å². The molecule has 28 heavy (non-hydrogen) atoms. The van der Waals surface area contributed by atoms with Crippen LogP contribution in [0.1, 0.15) is 45.3 Å². The van der Waals surface area contributed by atoms with Crippen molar-refractivity contribution in [1.82, 2.24) is 20.4 Å². The fraction of sp³-hybridized carbons (Fsp3) is 0.550. The average Bonchev–Trinajstić information content (AvgIpc) is 3.13. The molecule has 152 valence electrons. The van der Waals surface area contributed by atoms with E-state index >= 15 is 0 Å². The molecule has 2 heterocycles. The highest BCUT2D eigenvalue weighted by atomic mass is 35.5. The Morgan fingerprint density at radius 3 is 2.71 bits per heavy atom. The van der Waals surface area contributed by atoms with Gasteiger partial charge in [0.2, 0.25) is 0 Å². The number of benzene rings is 1. The van der Waals surface area contributed by atoms with Crippen LogP contribution < -0.4 is 5.32 Å². The van der Waals surface area contributed by atoms with E-state index in [1.807, 2.05) is 6.07 Å². The molecule has 1 saturated heterocycles. The highest BCUT2D eigenvalue weighted by Gasteiger charge is 2.40. The van der Waals surface area contributed by atoms with Crippen molar-refractivity contribution in [2.75, 3.05) is 19.6 Å². The third-order valence-electron chi connectivity index (χ3n) is 5.87. The van der Waals surface area contributed by atoms with Crippen LogP contribution in [-0.2, 0) is 4.79 Å². The number of hydrogen-bond donors (Lipinski definition) is 3. The van der Waals surface area contributed by atoms with Crippen molar-refractivity contribution in [1.29, 1.82) is 0 Å². The van der Waals surface area contributed by atoms with E-state index in [2.05, 4.69) is 29.4 Å². The van der Waals surface area contributed by atoms with Crippen LogP contribution in [0.5, 0.6) is 0 Å². The lowest BCUT2D eigenvalue weighted by atomic mass is 9.68. The van der Waals surface area contributed by atoms with E-state index < -0.39 is 11.5 Å². The fourth-order valence-electron chi connectivity index (χ4n) is 4.03. The van der Waals surface area contributed by atoms with Crippen molar-refractivity contribution >= 4 is 34.3 Å². The number of carbonyl (C=O) groups excluding carboxylic acids is 2. The minimum absolute atomic E-state index is 0.0535. The molecule has 3 rings (SSSR count). The highest BCUT2D eigenvalue weighted by Crippen LogP contribution is 2.46. The van der Waals surface area contributed by atoms with Crippen molar-refractivity contribution in [3.63, 3.8) is 0 Å². The minimum atomic E-state index is -0.725. The van der Waals surface area contributed by atoms with Gasteiger partial charge in [-0.1, -0.05) is 25.4 Å². The fourth-order valence-corrected chi connectivity index (χ4v) is 4.26. The lowest BCUT2D eigenvalue weighted by molar-refractivity contribution is -0.116. The quantitative estimate of drug-likeness (QED) is 0.709. The van der Waals surface area contributed by atoms with E-state index in [0.717, 1.165) is 29.3 Å². The number of aliphatic hydroxyl groups is 1. The summed E-state index contributed by atoms with van der Waals surface area (Å²) in [6.45, 7) is 6.80. The first-order chi connectivity index (χ1) is 13.2. The molecule has 2 amide bonds. The van der Waals surface area contributed by atoms with Crippen LogP contribution in [0.15, 0.2) is 18.3 Å². The Hall–Kier alpha value is -2.12. The molecular formula is C20H27ClN4O3. The van der Waals surface area contributed by atoms with E-state index in [4.69, 9.17) is 11.6 Å². The minimum Gasteiger partial charge on any atom is -0.388 e. The van der Waals surface area contributed by atoms with E-state index in [-0.39, 0.29) is 24.3 Å². The first-order valence-electron chi connectivity index (χ1n) is 9.53. The number of aliphatic hydroxyl groups excluding tert-OH is 1. The molecular weight excluding hydrogens is 380 g/mol. The van der Waals surface area contributed by atoms with Gasteiger partial charge in [0.15, 0.2) is 0 Å². The Bertz CT molecular complexity index is 871. The number of urea groups is 1. The number of aromatic nitrogens is 2. The maximum atomic E-state index is 12.2. The van der Waals surface area contributed by atoms with Gasteiger partial charge >= 0.3 is 6.03 Å². The van der Waals surface area contributed by atoms with Crippen LogP contribution in [0, 0.1) is 11.3 Å². The second kappa shape index (κ2) is 8.09. The lowest BCUT2D eigenvalue weighted by Gasteiger charge is -2.43. The summed E-state index contributed by atoms with van der Waals surface area (Å²) in [4.78, 5) is 24.9. The van der Waals surface area contributed by atoms with E-state index in [9.17, 15) is 14.7 Å². The average molecular weight is 407 g/mol. The zero-order chi connectivity index (χ0) is 20.5. The molecule has 3 N–H and O–H groups in total. The maximum absolute atomic E-state index is 12.2. The molecule has 1 aromatic heterocycles. The van der Waals surface area contributed by atoms with Crippen LogP contribution in [0.4, 0.5) is 4.79 Å². The van der Waals surface area contributed by atoms with Crippen molar-refractivity contribution in [3.05, 3.63) is 28.9 Å². The number of Topliss-reactive ketones (excluding diaryl/α,β-unsaturated/α-hetero) is 1. The number of aromatic amines is 1. The summed E-state index contributed by atoms with van der Waals surface area (Å²) in [7, 11) is 0. The molecule has 0 bridgehead atoms. The summed E-state index contributed by atoms with van der Waals surface area (Å²) in [6, 6.07) is 3.40. The topological polar surface area (TPSA) is 98.3 Å². The summed E-state index contributed by atoms with van der Waals surface area (Å²) < 4.78 is 0. The summed E-state index contributed by atoms with van der Waals surface area (Å²) in [5.41, 5.74) is 1.13. The largest absolute Gasteiger partial charge is 0.388 e. The molecule has 0 unspecified atom stereocenters. The second-order valence-corrected chi connectivity index (χ2v) is 8.61. The first kappa shape index (κ1) is 20.6. The standard InChI is InChI=1S/C20H27ClN4O3/c1-12(26)10-22-19(28)25-6-4-14(5-7-25)20(2,3)18(27)16-9-15(21)8-13-11-23-24-17(13)16/h8-9,11,14,18,27H,4-7,10H2,1-3H3,(H,22,28)(H,23,24)/t18-/m1/s1. The molecule has 1 aliphatic heterocycles. The van der Waals surface area contributed by atoms with Crippen LogP contribution in [0.2, 0.25) is 5.02 Å². The number of likely N-dealkylation sites (tertiary alicyclic amines) is 1. The Morgan fingerprint density at radius 2 is 2.07 bits per heavy atom. The number of fused-ring (bicyclic) bond motifs is 1. The van der Waals surface area contributed by atoms with Gasteiger partial charge in [-0.3, -0.25) is 9.89 Å². The van der Waals surface area contributed by atoms with Gasteiger partial charge in [-0.05, 0) is 43.2 Å². The van der Waals surface area contributed by atoms with Crippen LogP contribution >= 0.6 is 11.6 Å². The van der Waals surface area contributed by atoms with Crippen LogP contribution in [0.25, 0.3) is 10.9 Å². The van der Waals surface area contributed by atoms with Gasteiger partial charge in [-0.25, -0.2) is 4.79 Å². The number of amides is 2. The van der Waals surface area contributed by atoms with Crippen molar-refractivity contribution in [3.8, 4) is 0 Å². The molecule has 0 aliphatic carbocycles. The number of ketones is 1. The SMILES string of the molecule is CC(=O)CNC(=O)N1CCC(C(C)(C)[C@H](O)c2cc(Cl)cc3cn[nH]c23)CC1. The molecule has 1 atom stereocenters. The monoisotopic (exact) mass is 406 g/mol. The Labute approximate surface area is 169 Å². The number of nitrogens with one attached hydrogen (secondary N) is 2. The molecule has 1 aromatic carbocycles. The van der Waals surface area contributed by atoms with Gasteiger partial charge in [0.05, 0.1) is 24.4 Å². The summed E-state index contributed by atoms with van der Waals surface area (Å²) >= 11 is 6.24. The zero-order valence-electron chi connectivity index (χ0n) is 16.5. The number of piperidine rings is 1. The van der Waals surface area contributed by atoms with Crippen LogP contribution in [0.3, 0.4) is 0 Å². The molecule has 8 heteroatoms. The number of halogens is 1. The van der Waals surface area contributed by atoms with E-state index in [0.29, 0.717) is 18.1 Å². The Balaban J connectivity index is 1.70. The number of nitrogens with zero attached hydrogens (tertiary/aromatic N) is 2. The molecule has 1 aliphatic rings. The van der Waals surface area contributed by atoms with Gasteiger partial charge in [-0.2, -0.15) is 5.10 Å². The number of rotatable bonds is 5. The molecule has 0 spiro atoms. The maximum Gasteiger partial charge on any atom is 0.317 e. The third kappa shape index (κ3) is 4.15. The molecule has 7 nitrogen and oxygen atoms in total. The third-order valence-corrected chi connectivity index (χ3v) is 6.08. The summed E-state index contributed by atoms with van der Waals surface area (Å²) in [6.07, 6.45) is 2.54. The molecule has 0 radical (unpaired) electrons. The predicted molar refractivity (Wildman–Crippen MR) is 108 cm³/mol.